The minimum absolute atomic E-state index is 0.0599. The molecule has 0 bridgehead atoms. The predicted molar refractivity (Wildman–Crippen MR) is 54.5 cm³/mol. The molecule has 0 aliphatic heterocycles. The van der Waals surface area contributed by atoms with Gasteiger partial charge in [-0.25, -0.2) is 4.79 Å². The van der Waals surface area contributed by atoms with E-state index in [2.05, 4.69) is 4.74 Å². The number of hydrogen-bond acceptors (Lipinski definition) is 2. The highest BCUT2D eigenvalue weighted by Gasteiger charge is 2.32. The van der Waals surface area contributed by atoms with Gasteiger partial charge in [-0.1, -0.05) is 18.2 Å². The monoisotopic (exact) mass is 246 g/mol. The first-order chi connectivity index (χ1) is 7.79. The molecule has 0 fully saturated rings. The van der Waals surface area contributed by atoms with Crippen LogP contribution in [-0.2, 0) is 4.79 Å². The Balaban J connectivity index is 3.13. The quantitative estimate of drug-likeness (QED) is 0.834. The lowest BCUT2D eigenvalue weighted by Crippen LogP contribution is -2.18. The van der Waals surface area contributed by atoms with Crippen LogP contribution in [0.2, 0.25) is 0 Å². The minimum Gasteiger partial charge on any atom is -0.478 e. The summed E-state index contributed by atoms with van der Waals surface area (Å²) in [6.07, 6.45) is -3.01. The summed E-state index contributed by atoms with van der Waals surface area (Å²) in [7, 11) is 0. The van der Waals surface area contributed by atoms with E-state index in [9.17, 15) is 18.0 Å². The van der Waals surface area contributed by atoms with Gasteiger partial charge in [-0.15, -0.1) is 13.2 Å². The first kappa shape index (κ1) is 13.1. The number of carboxylic acid groups (broad SMARTS) is 1. The van der Waals surface area contributed by atoms with Crippen LogP contribution in [0.25, 0.3) is 6.08 Å². The molecule has 0 amide bonds. The van der Waals surface area contributed by atoms with Gasteiger partial charge in [-0.2, -0.15) is 0 Å². The van der Waals surface area contributed by atoms with Gasteiger partial charge >= 0.3 is 12.3 Å². The van der Waals surface area contributed by atoms with Crippen LogP contribution in [0, 0.1) is 6.92 Å². The number of carbonyl (C=O) groups is 1. The van der Waals surface area contributed by atoms with Gasteiger partial charge in [-0.3, -0.25) is 0 Å². The van der Waals surface area contributed by atoms with E-state index in [1.807, 2.05) is 0 Å². The molecule has 0 unspecified atom stereocenters. The minimum atomic E-state index is -4.81. The van der Waals surface area contributed by atoms with Crippen LogP contribution in [0.3, 0.4) is 0 Å². The number of ether oxygens (including phenoxy) is 1. The smallest absolute Gasteiger partial charge is 0.478 e. The molecule has 92 valence electrons. The molecular formula is C11H9F3O3. The standard InChI is InChI=1S/C11H9F3O3/c1-7-3-2-4-8(5-6-9(15)16)10(7)17-11(12,13)14/h2-6H,1H3,(H,15,16)/b6-5+. The Morgan fingerprint density at radius 1 is 1.41 bits per heavy atom. The van der Waals surface area contributed by atoms with Crippen LogP contribution in [0.1, 0.15) is 11.1 Å². The summed E-state index contributed by atoms with van der Waals surface area (Å²) in [6.45, 7) is 1.44. The van der Waals surface area contributed by atoms with Crippen LogP contribution < -0.4 is 4.74 Å². The summed E-state index contributed by atoms with van der Waals surface area (Å²) >= 11 is 0. The largest absolute Gasteiger partial charge is 0.573 e. The number of aliphatic carboxylic acids is 1. The van der Waals surface area contributed by atoms with E-state index < -0.39 is 18.1 Å². The Kier molecular flexibility index (Phi) is 3.77. The van der Waals surface area contributed by atoms with E-state index >= 15 is 0 Å². The third kappa shape index (κ3) is 4.18. The van der Waals surface area contributed by atoms with Crippen molar-refractivity contribution in [2.24, 2.45) is 0 Å². The topological polar surface area (TPSA) is 46.5 Å². The Morgan fingerprint density at radius 3 is 2.59 bits per heavy atom. The van der Waals surface area contributed by atoms with E-state index in [1.54, 1.807) is 0 Å². The van der Waals surface area contributed by atoms with E-state index in [0.717, 1.165) is 12.2 Å². The third-order valence-electron chi connectivity index (χ3n) is 1.87. The number of para-hydroxylation sites is 1. The van der Waals surface area contributed by atoms with Crippen molar-refractivity contribution in [3.8, 4) is 5.75 Å². The molecular weight excluding hydrogens is 237 g/mol. The van der Waals surface area contributed by atoms with E-state index in [0.29, 0.717) is 0 Å². The van der Waals surface area contributed by atoms with Crippen LogP contribution in [0.5, 0.6) is 5.75 Å². The SMILES string of the molecule is Cc1cccc(/C=C/C(=O)O)c1OC(F)(F)F. The second-order valence-electron chi connectivity index (χ2n) is 3.21. The molecule has 0 heterocycles. The van der Waals surface area contributed by atoms with Gasteiger partial charge in [0, 0.05) is 11.6 Å². The van der Waals surface area contributed by atoms with Gasteiger partial charge in [0.2, 0.25) is 0 Å². The van der Waals surface area contributed by atoms with Gasteiger partial charge in [0.05, 0.1) is 0 Å². The van der Waals surface area contributed by atoms with Crippen molar-refractivity contribution in [2.45, 2.75) is 13.3 Å². The third-order valence-corrected chi connectivity index (χ3v) is 1.87. The molecule has 1 N–H and O–H groups in total. The van der Waals surface area contributed by atoms with E-state index in [-0.39, 0.29) is 11.1 Å². The number of hydrogen-bond donors (Lipinski definition) is 1. The zero-order valence-corrected chi connectivity index (χ0v) is 8.78. The van der Waals surface area contributed by atoms with Crippen molar-refractivity contribution in [3.05, 3.63) is 35.4 Å². The van der Waals surface area contributed by atoms with Gasteiger partial charge in [-0.05, 0) is 18.6 Å². The van der Waals surface area contributed by atoms with Crippen molar-refractivity contribution in [1.29, 1.82) is 0 Å². The Labute approximate surface area is 95.1 Å². The normalized spacial score (nSPS) is 11.8. The van der Waals surface area contributed by atoms with Gasteiger partial charge in [0.1, 0.15) is 5.75 Å². The Bertz CT molecular complexity index is 450. The summed E-state index contributed by atoms with van der Waals surface area (Å²) in [4.78, 5) is 10.3. The molecule has 17 heavy (non-hydrogen) atoms. The molecule has 0 radical (unpaired) electrons. The molecule has 0 aromatic heterocycles. The number of rotatable bonds is 3. The highest BCUT2D eigenvalue weighted by atomic mass is 19.4. The fourth-order valence-electron chi connectivity index (χ4n) is 1.22. The molecule has 0 aliphatic carbocycles. The van der Waals surface area contributed by atoms with Crippen LogP contribution in [0.4, 0.5) is 13.2 Å². The van der Waals surface area contributed by atoms with Gasteiger partial charge in [0.25, 0.3) is 0 Å². The number of halogens is 3. The van der Waals surface area contributed by atoms with E-state index in [1.165, 1.54) is 25.1 Å². The van der Waals surface area contributed by atoms with Crippen molar-refractivity contribution in [2.75, 3.05) is 0 Å². The fourth-order valence-corrected chi connectivity index (χ4v) is 1.22. The summed E-state index contributed by atoms with van der Waals surface area (Å²) in [6, 6.07) is 4.30. The zero-order chi connectivity index (χ0) is 13.1. The Hall–Kier alpha value is -1.98. The van der Waals surface area contributed by atoms with Crippen molar-refractivity contribution >= 4 is 12.0 Å². The maximum absolute atomic E-state index is 12.1. The second kappa shape index (κ2) is 4.90. The molecule has 0 spiro atoms. The highest BCUT2D eigenvalue weighted by molar-refractivity contribution is 5.86. The number of carboxylic acids is 1. The lowest BCUT2D eigenvalue weighted by atomic mass is 10.1. The number of alkyl halides is 3. The number of benzene rings is 1. The average Bonchev–Trinajstić information content (AvgIpc) is 2.17. The van der Waals surface area contributed by atoms with Crippen molar-refractivity contribution in [3.63, 3.8) is 0 Å². The average molecular weight is 246 g/mol. The first-order valence-corrected chi connectivity index (χ1v) is 4.56. The molecule has 3 nitrogen and oxygen atoms in total. The maximum atomic E-state index is 12.1. The molecule has 0 aliphatic rings. The Morgan fingerprint density at radius 2 is 2.06 bits per heavy atom. The molecule has 0 saturated heterocycles. The van der Waals surface area contributed by atoms with E-state index in [4.69, 9.17) is 5.11 Å². The summed E-state index contributed by atoms with van der Waals surface area (Å²) in [5.41, 5.74) is 0.333. The lowest BCUT2D eigenvalue weighted by Gasteiger charge is -2.13. The summed E-state index contributed by atoms with van der Waals surface area (Å²) < 4.78 is 40.3. The first-order valence-electron chi connectivity index (χ1n) is 4.56. The van der Waals surface area contributed by atoms with Crippen LogP contribution in [-0.4, -0.2) is 17.4 Å². The molecule has 0 saturated carbocycles. The highest BCUT2D eigenvalue weighted by Crippen LogP contribution is 2.30. The zero-order valence-electron chi connectivity index (χ0n) is 8.78. The molecule has 0 atom stereocenters. The summed E-state index contributed by atoms with van der Waals surface area (Å²) in [5, 5.41) is 8.42. The molecule has 1 rings (SSSR count). The van der Waals surface area contributed by atoms with Crippen LogP contribution in [0.15, 0.2) is 24.3 Å². The van der Waals surface area contributed by atoms with Crippen molar-refractivity contribution < 1.29 is 27.8 Å². The van der Waals surface area contributed by atoms with Gasteiger partial charge in [0.15, 0.2) is 0 Å². The molecule has 1 aromatic carbocycles. The molecule has 6 heteroatoms. The fraction of sp³-hybridized carbons (Fsp3) is 0.182. The maximum Gasteiger partial charge on any atom is 0.573 e. The van der Waals surface area contributed by atoms with Gasteiger partial charge < -0.3 is 9.84 Å². The predicted octanol–water partition coefficient (Wildman–Crippen LogP) is 2.99. The van der Waals surface area contributed by atoms with Crippen LogP contribution >= 0.6 is 0 Å². The molecule has 1 aromatic rings. The second-order valence-corrected chi connectivity index (χ2v) is 3.21. The summed E-state index contributed by atoms with van der Waals surface area (Å²) in [5.74, 6) is -1.64. The van der Waals surface area contributed by atoms with Crippen molar-refractivity contribution in [1.82, 2.24) is 0 Å². The lowest BCUT2D eigenvalue weighted by molar-refractivity contribution is -0.274. The number of aryl methyl sites for hydroxylation is 1.